The maximum absolute atomic E-state index is 6.28. The Morgan fingerprint density at radius 3 is 2.48 bits per heavy atom. The van der Waals surface area contributed by atoms with Crippen LogP contribution in [0.5, 0.6) is 17.2 Å². The van der Waals surface area contributed by atoms with Crippen molar-refractivity contribution in [1.29, 1.82) is 0 Å². The van der Waals surface area contributed by atoms with Gasteiger partial charge in [-0.25, -0.2) is 4.68 Å². The van der Waals surface area contributed by atoms with Crippen molar-refractivity contribution in [3.63, 3.8) is 0 Å². The highest BCUT2D eigenvalue weighted by Gasteiger charge is 2.10. The van der Waals surface area contributed by atoms with Gasteiger partial charge in [0.2, 0.25) is 0 Å². The Morgan fingerprint density at radius 2 is 1.74 bits per heavy atom. The molecule has 3 rings (SSSR count). The fourth-order valence-electron chi connectivity index (χ4n) is 2.25. The molecule has 0 amide bonds. The number of rotatable bonds is 8. The van der Waals surface area contributed by atoms with Gasteiger partial charge in [-0.3, -0.25) is 0 Å². The molecule has 0 unspecified atom stereocenters. The molecule has 7 nitrogen and oxygen atoms in total. The van der Waals surface area contributed by atoms with Crippen LogP contribution in [0.2, 0.25) is 10.0 Å². The number of methoxy groups -OCH3 is 1. The van der Waals surface area contributed by atoms with Crippen LogP contribution in [-0.4, -0.2) is 41.4 Å². The number of para-hydroxylation sites is 2. The van der Waals surface area contributed by atoms with Gasteiger partial charge in [-0.05, 0) is 24.3 Å². The number of halogens is 2. The number of benzene rings is 2. The summed E-state index contributed by atoms with van der Waals surface area (Å²) in [4.78, 5) is 0. The molecule has 0 spiro atoms. The minimum absolute atomic E-state index is 0.271. The van der Waals surface area contributed by atoms with Crippen LogP contribution < -0.4 is 14.2 Å². The monoisotopic (exact) mass is 406 g/mol. The fourth-order valence-corrected chi connectivity index (χ4v) is 2.81. The summed E-state index contributed by atoms with van der Waals surface area (Å²) in [5.74, 6) is 1.76. The van der Waals surface area contributed by atoms with Crippen LogP contribution in [0.25, 0.3) is 0 Å². The first-order chi connectivity index (χ1) is 13.2. The van der Waals surface area contributed by atoms with E-state index in [9.17, 15) is 0 Å². The molecule has 27 heavy (non-hydrogen) atoms. The van der Waals surface area contributed by atoms with Crippen LogP contribution in [0.3, 0.4) is 0 Å². The predicted molar refractivity (Wildman–Crippen MR) is 103 cm³/mol. The summed E-state index contributed by atoms with van der Waals surface area (Å²) in [7, 11) is 1.59. The highest BCUT2D eigenvalue weighted by molar-refractivity contribution is 6.36. The summed E-state index contributed by atoms with van der Waals surface area (Å²) >= 11 is 12.4. The average Bonchev–Trinajstić information content (AvgIpc) is 3.18. The second-order valence-corrected chi connectivity index (χ2v) is 6.08. The normalized spacial score (nSPS) is 10.9. The van der Waals surface area contributed by atoms with Crippen molar-refractivity contribution >= 4 is 29.4 Å². The van der Waals surface area contributed by atoms with E-state index >= 15 is 0 Å². The van der Waals surface area contributed by atoms with Crippen molar-refractivity contribution in [2.45, 2.75) is 0 Å². The lowest BCUT2D eigenvalue weighted by Crippen LogP contribution is -2.11. The molecule has 2 aromatic carbocycles. The Hall–Kier alpha value is -2.77. The van der Waals surface area contributed by atoms with Gasteiger partial charge in [0.25, 0.3) is 0 Å². The van der Waals surface area contributed by atoms with Gasteiger partial charge >= 0.3 is 0 Å². The van der Waals surface area contributed by atoms with E-state index in [1.54, 1.807) is 25.5 Å². The lowest BCUT2D eigenvalue weighted by molar-refractivity contribution is 0.211. The molecule has 0 atom stereocenters. The molecule has 0 N–H and O–H groups in total. The molecule has 0 radical (unpaired) electrons. The second kappa shape index (κ2) is 9.25. The maximum atomic E-state index is 6.28. The van der Waals surface area contributed by atoms with Crippen molar-refractivity contribution in [3.8, 4) is 17.2 Å². The number of nitrogens with zero attached hydrogens (tertiary/aromatic N) is 4. The molecule has 1 heterocycles. The van der Waals surface area contributed by atoms with Crippen LogP contribution in [-0.2, 0) is 0 Å². The third-order valence-electron chi connectivity index (χ3n) is 3.43. The van der Waals surface area contributed by atoms with Crippen molar-refractivity contribution in [2.75, 3.05) is 20.3 Å². The van der Waals surface area contributed by atoms with Gasteiger partial charge in [0, 0.05) is 10.6 Å². The SMILES string of the molecule is COc1ccccc1OCCOc1c(Cl)cc(Cl)cc1/C=N/n1cnnc1. The first-order valence-electron chi connectivity index (χ1n) is 7.94. The number of aromatic nitrogens is 3. The lowest BCUT2D eigenvalue weighted by atomic mass is 10.2. The lowest BCUT2D eigenvalue weighted by Gasteiger charge is -2.13. The van der Waals surface area contributed by atoms with Gasteiger partial charge in [-0.1, -0.05) is 35.3 Å². The zero-order valence-electron chi connectivity index (χ0n) is 14.4. The molecule has 0 aliphatic rings. The Kier molecular flexibility index (Phi) is 6.51. The molecule has 3 aromatic rings. The van der Waals surface area contributed by atoms with Crippen LogP contribution >= 0.6 is 23.2 Å². The number of hydrogen-bond acceptors (Lipinski definition) is 6. The van der Waals surface area contributed by atoms with Gasteiger partial charge in [0.1, 0.15) is 31.6 Å². The first kappa shape index (κ1) is 19.0. The Labute approximate surface area is 166 Å². The molecule has 0 saturated heterocycles. The van der Waals surface area contributed by atoms with E-state index in [2.05, 4.69) is 15.3 Å². The third kappa shape index (κ3) is 5.12. The van der Waals surface area contributed by atoms with Crippen LogP contribution in [0.4, 0.5) is 0 Å². The first-order valence-corrected chi connectivity index (χ1v) is 8.69. The molecule has 0 aliphatic carbocycles. The molecular formula is C18H16Cl2N4O3. The molecule has 0 bridgehead atoms. The average molecular weight is 407 g/mol. The molecule has 0 fully saturated rings. The van der Waals surface area contributed by atoms with Gasteiger partial charge in [-0.2, -0.15) is 5.10 Å². The Balaban J connectivity index is 1.67. The van der Waals surface area contributed by atoms with Crippen molar-refractivity contribution in [2.24, 2.45) is 5.10 Å². The molecular weight excluding hydrogens is 391 g/mol. The third-order valence-corrected chi connectivity index (χ3v) is 3.93. The topological polar surface area (TPSA) is 70.8 Å². The zero-order chi connectivity index (χ0) is 19.1. The Morgan fingerprint density at radius 1 is 1.04 bits per heavy atom. The summed E-state index contributed by atoms with van der Waals surface area (Å²) < 4.78 is 18.2. The molecule has 0 aliphatic heterocycles. The minimum Gasteiger partial charge on any atom is -0.493 e. The van der Waals surface area contributed by atoms with Crippen molar-refractivity contribution < 1.29 is 14.2 Å². The van der Waals surface area contributed by atoms with Crippen molar-refractivity contribution in [1.82, 2.24) is 14.9 Å². The standard InChI is InChI=1S/C18H16Cl2N4O3/c1-25-16-4-2-3-5-17(16)26-6-7-27-18-13(8-14(19)9-15(18)20)10-23-24-11-21-22-12-24/h2-5,8-12H,6-7H2,1H3/b23-10+. The minimum atomic E-state index is 0.271. The van der Waals surface area contributed by atoms with E-state index in [-0.39, 0.29) is 6.61 Å². The highest BCUT2D eigenvalue weighted by atomic mass is 35.5. The van der Waals surface area contributed by atoms with E-state index in [1.807, 2.05) is 24.3 Å². The number of hydrogen-bond donors (Lipinski definition) is 0. The maximum Gasteiger partial charge on any atom is 0.161 e. The van der Waals surface area contributed by atoms with Gasteiger partial charge < -0.3 is 14.2 Å². The van der Waals surface area contributed by atoms with Gasteiger partial charge in [0.15, 0.2) is 11.5 Å². The summed E-state index contributed by atoms with van der Waals surface area (Å²) in [6.07, 6.45) is 4.49. The molecule has 0 saturated carbocycles. The van der Waals surface area contributed by atoms with Crippen molar-refractivity contribution in [3.05, 3.63) is 64.7 Å². The van der Waals surface area contributed by atoms with E-state index in [1.165, 1.54) is 17.3 Å². The van der Waals surface area contributed by atoms with E-state index in [0.717, 1.165) is 0 Å². The molecule has 9 heteroatoms. The van der Waals surface area contributed by atoms with E-state index < -0.39 is 0 Å². The van der Waals surface area contributed by atoms with Gasteiger partial charge in [-0.15, -0.1) is 10.2 Å². The zero-order valence-corrected chi connectivity index (χ0v) is 15.9. The van der Waals surface area contributed by atoms with E-state index in [4.69, 9.17) is 37.4 Å². The van der Waals surface area contributed by atoms with Crippen LogP contribution in [0.1, 0.15) is 5.56 Å². The largest absolute Gasteiger partial charge is 0.493 e. The van der Waals surface area contributed by atoms with Crippen LogP contribution in [0.15, 0.2) is 54.2 Å². The van der Waals surface area contributed by atoms with Crippen LogP contribution in [0, 0.1) is 0 Å². The summed E-state index contributed by atoms with van der Waals surface area (Å²) in [6.45, 7) is 0.578. The quantitative estimate of drug-likeness (QED) is 0.418. The molecule has 140 valence electrons. The predicted octanol–water partition coefficient (Wildman–Crippen LogP) is 3.93. The van der Waals surface area contributed by atoms with Gasteiger partial charge in [0.05, 0.1) is 18.3 Å². The second-order valence-electron chi connectivity index (χ2n) is 5.24. The fraction of sp³-hybridized carbons (Fsp3) is 0.167. The highest BCUT2D eigenvalue weighted by Crippen LogP contribution is 2.32. The smallest absolute Gasteiger partial charge is 0.161 e. The Bertz CT molecular complexity index is 917. The summed E-state index contributed by atoms with van der Waals surface area (Å²) in [6, 6.07) is 10.7. The summed E-state index contributed by atoms with van der Waals surface area (Å²) in [5.41, 5.74) is 0.624. The molecule has 1 aromatic heterocycles. The number of ether oxygens (including phenoxy) is 3. The summed E-state index contributed by atoms with van der Waals surface area (Å²) in [5, 5.41) is 12.4. The van der Waals surface area contributed by atoms with E-state index in [0.29, 0.717) is 39.5 Å².